The molecule has 18 heavy (non-hydrogen) atoms. The van der Waals surface area contributed by atoms with Gasteiger partial charge in [0.15, 0.2) is 0 Å². The first kappa shape index (κ1) is 11.0. The summed E-state index contributed by atoms with van der Waals surface area (Å²) in [6, 6.07) is 14.5. The predicted molar refractivity (Wildman–Crippen MR) is 72.4 cm³/mol. The zero-order valence-corrected chi connectivity index (χ0v) is 10.1. The Bertz CT molecular complexity index is 780. The molecule has 3 rings (SSSR count). The van der Waals surface area contributed by atoms with Gasteiger partial charge in [0.25, 0.3) is 5.56 Å². The van der Waals surface area contributed by atoms with Crippen molar-refractivity contribution in [2.45, 2.75) is 0 Å². The van der Waals surface area contributed by atoms with Crippen LogP contribution in [0.3, 0.4) is 0 Å². The fraction of sp³-hybridized carbons (Fsp3) is 0. The van der Waals surface area contributed by atoms with Gasteiger partial charge >= 0.3 is 0 Å². The van der Waals surface area contributed by atoms with Crippen molar-refractivity contribution in [3.63, 3.8) is 0 Å². The van der Waals surface area contributed by atoms with E-state index in [1.165, 1.54) is 4.68 Å². The average molecular weight is 257 g/mol. The molecule has 2 aromatic carbocycles. The fourth-order valence-corrected chi connectivity index (χ4v) is 2.10. The first-order valence-corrected chi connectivity index (χ1v) is 5.87. The molecule has 0 fully saturated rings. The summed E-state index contributed by atoms with van der Waals surface area (Å²) in [7, 11) is 0. The minimum atomic E-state index is -0.166. The summed E-state index contributed by atoms with van der Waals surface area (Å²) in [4.78, 5) is 12.3. The van der Waals surface area contributed by atoms with Crippen LogP contribution in [0.5, 0.6) is 0 Å². The normalized spacial score (nSPS) is 10.7. The second-order valence-corrected chi connectivity index (χ2v) is 4.31. The topological polar surface area (TPSA) is 34.9 Å². The van der Waals surface area contributed by atoms with Crippen LogP contribution >= 0.6 is 11.6 Å². The van der Waals surface area contributed by atoms with Gasteiger partial charge in [-0.15, -0.1) is 0 Å². The molecule has 0 unspecified atom stereocenters. The number of rotatable bonds is 1. The number of benzene rings is 2. The van der Waals surface area contributed by atoms with Gasteiger partial charge in [-0.25, -0.2) is 0 Å². The van der Waals surface area contributed by atoms with Crippen molar-refractivity contribution in [1.29, 1.82) is 0 Å². The van der Waals surface area contributed by atoms with E-state index in [0.29, 0.717) is 16.1 Å². The van der Waals surface area contributed by atoms with Crippen LogP contribution < -0.4 is 5.56 Å². The summed E-state index contributed by atoms with van der Waals surface area (Å²) >= 11 is 6.08. The molecule has 88 valence electrons. The van der Waals surface area contributed by atoms with Crippen LogP contribution in [-0.2, 0) is 0 Å². The maximum atomic E-state index is 12.3. The third-order valence-electron chi connectivity index (χ3n) is 2.78. The maximum Gasteiger partial charge on any atom is 0.279 e. The minimum Gasteiger partial charge on any atom is -0.267 e. The van der Waals surface area contributed by atoms with Crippen LogP contribution in [0, 0.1) is 0 Å². The Balaban J connectivity index is 2.35. The largest absolute Gasteiger partial charge is 0.279 e. The lowest BCUT2D eigenvalue weighted by molar-refractivity contribution is 0.821. The van der Waals surface area contributed by atoms with E-state index >= 15 is 0 Å². The van der Waals surface area contributed by atoms with E-state index in [1.54, 1.807) is 24.4 Å². The molecule has 0 aliphatic carbocycles. The monoisotopic (exact) mass is 256 g/mol. The van der Waals surface area contributed by atoms with Crippen molar-refractivity contribution in [3.05, 3.63) is 70.1 Å². The van der Waals surface area contributed by atoms with Gasteiger partial charge in [-0.3, -0.25) is 4.79 Å². The summed E-state index contributed by atoms with van der Waals surface area (Å²) in [5.74, 6) is 0. The van der Waals surface area contributed by atoms with Gasteiger partial charge in [0.1, 0.15) is 0 Å². The van der Waals surface area contributed by atoms with Crippen molar-refractivity contribution in [2.24, 2.45) is 0 Å². The second kappa shape index (κ2) is 4.27. The quantitative estimate of drug-likeness (QED) is 0.671. The highest BCUT2D eigenvalue weighted by atomic mass is 35.5. The van der Waals surface area contributed by atoms with E-state index in [9.17, 15) is 4.79 Å². The zero-order chi connectivity index (χ0) is 12.5. The molecular weight excluding hydrogens is 248 g/mol. The molecule has 1 aromatic heterocycles. The Hall–Kier alpha value is -2.13. The first-order chi connectivity index (χ1) is 8.77. The second-order valence-electron chi connectivity index (χ2n) is 3.90. The first-order valence-electron chi connectivity index (χ1n) is 5.49. The van der Waals surface area contributed by atoms with Crippen LogP contribution in [0.15, 0.2) is 59.5 Å². The Morgan fingerprint density at radius 1 is 1.00 bits per heavy atom. The molecule has 0 saturated carbocycles. The summed E-state index contributed by atoms with van der Waals surface area (Å²) in [5.41, 5.74) is 0.427. The van der Waals surface area contributed by atoms with Crippen LogP contribution in [-0.4, -0.2) is 9.78 Å². The van der Waals surface area contributed by atoms with E-state index in [1.807, 2.05) is 30.3 Å². The number of aromatic nitrogens is 2. The number of hydrogen-bond donors (Lipinski definition) is 0. The average Bonchev–Trinajstić information content (AvgIpc) is 2.41. The Morgan fingerprint density at radius 3 is 2.56 bits per heavy atom. The molecular formula is C14H9ClN2O. The summed E-state index contributed by atoms with van der Waals surface area (Å²) < 4.78 is 1.32. The highest BCUT2D eigenvalue weighted by Crippen LogP contribution is 2.18. The zero-order valence-electron chi connectivity index (χ0n) is 9.38. The molecule has 3 aromatic rings. The molecule has 3 nitrogen and oxygen atoms in total. The van der Waals surface area contributed by atoms with Gasteiger partial charge in [-0.1, -0.05) is 41.9 Å². The molecule has 0 aliphatic heterocycles. The van der Waals surface area contributed by atoms with Crippen LogP contribution in [0.25, 0.3) is 16.5 Å². The highest BCUT2D eigenvalue weighted by molar-refractivity contribution is 6.32. The summed E-state index contributed by atoms with van der Waals surface area (Å²) in [6.07, 6.45) is 1.67. The smallest absolute Gasteiger partial charge is 0.267 e. The number of para-hydroxylation sites is 1. The van der Waals surface area contributed by atoms with Gasteiger partial charge in [-0.2, -0.15) is 9.78 Å². The molecule has 0 N–H and O–H groups in total. The molecule has 0 atom stereocenters. The number of hydrogen-bond acceptors (Lipinski definition) is 2. The van der Waals surface area contributed by atoms with Crippen molar-refractivity contribution < 1.29 is 0 Å². The SMILES string of the molecule is O=c1c2ccccc2cnn1-c1ccccc1Cl. The number of nitrogens with zero attached hydrogens (tertiary/aromatic N) is 2. The predicted octanol–water partition coefficient (Wildman–Crippen LogP) is 3.04. The van der Waals surface area contributed by atoms with E-state index in [4.69, 9.17) is 11.6 Å². The lowest BCUT2D eigenvalue weighted by Crippen LogP contribution is -2.21. The van der Waals surface area contributed by atoms with Crippen molar-refractivity contribution >= 4 is 22.4 Å². The Morgan fingerprint density at radius 2 is 1.72 bits per heavy atom. The number of halogens is 1. The third kappa shape index (κ3) is 1.69. The number of fused-ring (bicyclic) bond motifs is 1. The lowest BCUT2D eigenvalue weighted by atomic mass is 10.2. The van der Waals surface area contributed by atoms with Gasteiger partial charge in [0.05, 0.1) is 22.3 Å². The van der Waals surface area contributed by atoms with Crippen molar-refractivity contribution in [1.82, 2.24) is 9.78 Å². The Labute approximate surface area is 108 Å². The van der Waals surface area contributed by atoms with Crippen LogP contribution in [0.4, 0.5) is 0 Å². The molecule has 4 heteroatoms. The molecule has 0 saturated heterocycles. The molecule has 0 radical (unpaired) electrons. The van der Waals surface area contributed by atoms with E-state index in [-0.39, 0.29) is 5.56 Å². The fourth-order valence-electron chi connectivity index (χ4n) is 1.89. The minimum absolute atomic E-state index is 0.166. The maximum absolute atomic E-state index is 12.3. The van der Waals surface area contributed by atoms with E-state index in [0.717, 1.165) is 5.39 Å². The molecule has 0 aliphatic rings. The van der Waals surface area contributed by atoms with Crippen LogP contribution in [0.1, 0.15) is 0 Å². The molecule has 0 bridgehead atoms. The van der Waals surface area contributed by atoms with E-state index < -0.39 is 0 Å². The van der Waals surface area contributed by atoms with Gasteiger partial charge in [0.2, 0.25) is 0 Å². The molecule has 0 amide bonds. The molecule has 0 spiro atoms. The summed E-state index contributed by atoms with van der Waals surface area (Å²) in [6.45, 7) is 0. The van der Waals surface area contributed by atoms with Gasteiger partial charge in [-0.05, 0) is 18.2 Å². The third-order valence-corrected chi connectivity index (χ3v) is 3.10. The van der Waals surface area contributed by atoms with Gasteiger partial charge in [0, 0.05) is 5.39 Å². The lowest BCUT2D eigenvalue weighted by Gasteiger charge is -2.07. The van der Waals surface area contributed by atoms with Crippen LogP contribution in [0.2, 0.25) is 5.02 Å². The standard InChI is InChI=1S/C14H9ClN2O/c15-12-7-3-4-8-13(12)17-14(18)11-6-2-1-5-10(11)9-16-17/h1-9H. The van der Waals surface area contributed by atoms with E-state index in [2.05, 4.69) is 5.10 Å². The molecule has 1 heterocycles. The van der Waals surface area contributed by atoms with Crippen molar-refractivity contribution in [2.75, 3.05) is 0 Å². The van der Waals surface area contributed by atoms with Crippen molar-refractivity contribution in [3.8, 4) is 5.69 Å². The summed E-state index contributed by atoms with van der Waals surface area (Å²) in [5, 5.41) is 6.12. The van der Waals surface area contributed by atoms with Gasteiger partial charge < -0.3 is 0 Å². The highest BCUT2D eigenvalue weighted by Gasteiger charge is 2.07. The Kier molecular flexibility index (Phi) is 2.61.